The topological polar surface area (TPSA) is 17.1 Å². The highest BCUT2D eigenvalue weighted by atomic mass is 19.3. The van der Waals surface area contributed by atoms with Gasteiger partial charge in [-0.05, 0) is 18.2 Å². The minimum atomic E-state index is -3.98. The van der Waals surface area contributed by atoms with Gasteiger partial charge in [0.15, 0.2) is 0 Å². The monoisotopic (exact) mass is 206 g/mol. The summed E-state index contributed by atoms with van der Waals surface area (Å²) in [6.45, 7) is 0.615. The summed E-state index contributed by atoms with van der Waals surface area (Å²) in [5.74, 6) is -7.82. The number of carbonyl (C=O) groups excluding carboxylic acids is 1. The summed E-state index contributed by atoms with van der Waals surface area (Å²) in [6, 6.07) is 1.58. The Labute approximate surface area is 77.3 Å². The van der Waals surface area contributed by atoms with Crippen molar-refractivity contribution in [3.8, 4) is 0 Å². The van der Waals surface area contributed by atoms with E-state index in [0.717, 1.165) is 0 Å². The van der Waals surface area contributed by atoms with Gasteiger partial charge in [0.25, 0.3) is 0 Å². The van der Waals surface area contributed by atoms with Crippen LogP contribution in [0.5, 0.6) is 0 Å². The number of rotatable bonds is 2. The summed E-state index contributed by atoms with van der Waals surface area (Å²) in [5, 5.41) is 0. The predicted octanol–water partition coefficient (Wildman–Crippen LogP) is 2.65. The van der Waals surface area contributed by atoms with Gasteiger partial charge < -0.3 is 0 Å². The van der Waals surface area contributed by atoms with E-state index in [1.54, 1.807) is 0 Å². The van der Waals surface area contributed by atoms with Gasteiger partial charge in [-0.25, -0.2) is 8.78 Å². The van der Waals surface area contributed by atoms with Gasteiger partial charge in [-0.1, -0.05) is 0 Å². The van der Waals surface area contributed by atoms with Crippen molar-refractivity contribution >= 4 is 5.78 Å². The van der Waals surface area contributed by atoms with Crippen molar-refractivity contribution in [1.29, 1.82) is 0 Å². The lowest BCUT2D eigenvalue weighted by atomic mass is 10.0. The van der Waals surface area contributed by atoms with Gasteiger partial charge in [0, 0.05) is 6.92 Å². The standard InChI is InChI=1S/C9H6F4O/c1-5(14)9(12,13)7-4-6(10)2-3-8(7)11/h2-4H,1H3. The largest absolute Gasteiger partial charge is 0.333 e. The molecule has 0 atom stereocenters. The van der Waals surface area contributed by atoms with Crippen molar-refractivity contribution in [2.75, 3.05) is 0 Å². The Kier molecular flexibility index (Phi) is 2.59. The number of Topliss-reactive ketones (excluding diaryl/α,β-unsaturated/α-hetero) is 1. The summed E-state index contributed by atoms with van der Waals surface area (Å²) in [6.07, 6.45) is 0. The third-order valence-corrected chi connectivity index (χ3v) is 1.71. The Hall–Kier alpha value is -1.39. The molecule has 14 heavy (non-hydrogen) atoms. The second-order valence-electron chi connectivity index (χ2n) is 2.75. The maximum atomic E-state index is 13.0. The summed E-state index contributed by atoms with van der Waals surface area (Å²) in [5.41, 5.74) is -1.23. The fourth-order valence-corrected chi connectivity index (χ4v) is 0.928. The third-order valence-electron chi connectivity index (χ3n) is 1.71. The van der Waals surface area contributed by atoms with Crippen molar-refractivity contribution in [1.82, 2.24) is 0 Å². The number of hydrogen-bond donors (Lipinski definition) is 0. The van der Waals surface area contributed by atoms with E-state index in [1.165, 1.54) is 0 Å². The van der Waals surface area contributed by atoms with Gasteiger partial charge in [0.05, 0.1) is 5.56 Å². The molecule has 1 rings (SSSR count). The molecule has 0 aliphatic heterocycles. The zero-order valence-electron chi connectivity index (χ0n) is 7.15. The Morgan fingerprint density at radius 1 is 1.29 bits per heavy atom. The molecule has 0 fully saturated rings. The normalized spacial score (nSPS) is 11.5. The zero-order chi connectivity index (χ0) is 10.9. The molecule has 5 heteroatoms. The van der Waals surface area contributed by atoms with E-state index in [2.05, 4.69) is 0 Å². The second kappa shape index (κ2) is 3.40. The van der Waals surface area contributed by atoms with Gasteiger partial charge in [0.2, 0.25) is 5.78 Å². The summed E-state index contributed by atoms with van der Waals surface area (Å²) in [7, 11) is 0. The molecule has 0 heterocycles. The van der Waals surface area contributed by atoms with Gasteiger partial charge in [-0.2, -0.15) is 8.78 Å². The average molecular weight is 206 g/mol. The van der Waals surface area contributed by atoms with Crippen LogP contribution in [-0.4, -0.2) is 5.78 Å². The first-order chi connectivity index (χ1) is 6.35. The first kappa shape index (κ1) is 10.7. The molecule has 1 aromatic carbocycles. The molecular formula is C9H6F4O. The van der Waals surface area contributed by atoms with E-state index in [9.17, 15) is 22.4 Å². The van der Waals surface area contributed by atoms with E-state index in [1.807, 2.05) is 0 Å². The number of halogens is 4. The van der Waals surface area contributed by atoms with Crippen LogP contribution in [0.2, 0.25) is 0 Å². The number of carbonyl (C=O) groups is 1. The molecule has 0 unspecified atom stereocenters. The maximum absolute atomic E-state index is 13.0. The van der Waals surface area contributed by atoms with Crippen molar-refractivity contribution in [2.24, 2.45) is 0 Å². The van der Waals surface area contributed by atoms with Crippen molar-refractivity contribution < 1.29 is 22.4 Å². The molecule has 0 spiro atoms. The molecule has 0 amide bonds. The third kappa shape index (κ3) is 1.76. The van der Waals surface area contributed by atoms with Crippen LogP contribution in [0.3, 0.4) is 0 Å². The summed E-state index contributed by atoms with van der Waals surface area (Å²) >= 11 is 0. The fourth-order valence-electron chi connectivity index (χ4n) is 0.928. The van der Waals surface area contributed by atoms with Gasteiger partial charge in [-0.3, -0.25) is 4.79 Å². The molecule has 1 nitrogen and oxygen atoms in total. The van der Waals surface area contributed by atoms with Crippen molar-refractivity contribution in [3.05, 3.63) is 35.4 Å². The highest BCUT2D eigenvalue weighted by Gasteiger charge is 2.40. The Balaban J connectivity index is 3.31. The Bertz CT molecular complexity index is 373. The lowest BCUT2D eigenvalue weighted by Crippen LogP contribution is -2.24. The quantitative estimate of drug-likeness (QED) is 0.680. The molecule has 0 N–H and O–H groups in total. The van der Waals surface area contributed by atoms with E-state index >= 15 is 0 Å². The molecule has 0 aliphatic rings. The van der Waals surface area contributed by atoms with Crippen LogP contribution in [0.4, 0.5) is 17.6 Å². The number of benzene rings is 1. The lowest BCUT2D eigenvalue weighted by molar-refractivity contribution is -0.142. The predicted molar refractivity (Wildman–Crippen MR) is 40.9 cm³/mol. The van der Waals surface area contributed by atoms with Crippen molar-refractivity contribution in [3.63, 3.8) is 0 Å². The van der Waals surface area contributed by atoms with Gasteiger partial charge in [0.1, 0.15) is 11.6 Å². The highest BCUT2D eigenvalue weighted by molar-refractivity contribution is 5.84. The van der Waals surface area contributed by atoms with Crippen LogP contribution in [0.25, 0.3) is 0 Å². The Morgan fingerprint density at radius 2 is 1.86 bits per heavy atom. The molecule has 0 saturated carbocycles. The van der Waals surface area contributed by atoms with Gasteiger partial charge >= 0.3 is 5.92 Å². The summed E-state index contributed by atoms with van der Waals surface area (Å²) < 4.78 is 51.3. The molecule has 0 aromatic heterocycles. The molecule has 76 valence electrons. The minimum absolute atomic E-state index is 0.316. The lowest BCUT2D eigenvalue weighted by Gasteiger charge is -2.13. The Morgan fingerprint density at radius 3 is 2.36 bits per heavy atom. The minimum Gasteiger partial charge on any atom is -0.293 e. The maximum Gasteiger partial charge on any atom is 0.333 e. The van der Waals surface area contributed by atoms with Crippen LogP contribution < -0.4 is 0 Å². The van der Waals surface area contributed by atoms with Crippen LogP contribution in [0.15, 0.2) is 18.2 Å². The first-order valence-corrected chi connectivity index (χ1v) is 3.70. The molecule has 1 aromatic rings. The molecular weight excluding hydrogens is 200 g/mol. The number of ketones is 1. The highest BCUT2D eigenvalue weighted by Crippen LogP contribution is 2.31. The van der Waals surface area contributed by atoms with E-state index in [-0.39, 0.29) is 0 Å². The smallest absolute Gasteiger partial charge is 0.293 e. The number of alkyl halides is 2. The molecule has 0 bridgehead atoms. The van der Waals surface area contributed by atoms with E-state index in [4.69, 9.17) is 0 Å². The summed E-state index contributed by atoms with van der Waals surface area (Å²) in [4.78, 5) is 10.5. The molecule has 0 radical (unpaired) electrons. The second-order valence-corrected chi connectivity index (χ2v) is 2.75. The van der Waals surface area contributed by atoms with Crippen molar-refractivity contribution in [2.45, 2.75) is 12.8 Å². The molecule has 0 aliphatic carbocycles. The van der Waals surface area contributed by atoms with Crippen LogP contribution in [0, 0.1) is 11.6 Å². The van der Waals surface area contributed by atoms with E-state index in [0.29, 0.717) is 25.1 Å². The SMILES string of the molecule is CC(=O)C(F)(F)c1cc(F)ccc1F. The fraction of sp³-hybridized carbons (Fsp3) is 0.222. The zero-order valence-corrected chi connectivity index (χ0v) is 7.15. The van der Waals surface area contributed by atoms with Crippen LogP contribution in [0.1, 0.15) is 12.5 Å². The molecule has 0 saturated heterocycles. The average Bonchev–Trinajstić information content (AvgIpc) is 2.08. The van der Waals surface area contributed by atoms with Gasteiger partial charge in [-0.15, -0.1) is 0 Å². The van der Waals surface area contributed by atoms with Crippen LogP contribution >= 0.6 is 0 Å². The first-order valence-electron chi connectivity index (χ1n) is 3.70. The van der Waals surface area contributed by atoms with E-state index < -0.39 is 28.9 Å². The number of hydrogen-bond acceptors (Lipinski definition) is 1. The van der Waals surface area contributed by atoms with Crippen LogP contribution in [-0.2, 0) is 10.7 Å².